The van der Waals surface area contributed by atoms with Gasteiger partial charge in [-0.15, -0.1) is 0 Å². The van der Waals surface area contributed by atoms with E-state index < -0.39 is 6.04 Å². The fourth-order valence-corrected chi connectivity index (χ4v) is 5.28. The molecular formula is C27H34Cl2N2O2. The number of halogens is 2. The first-order valence-electron chi connectivity index (χ1n) is 11.9. The molecule has 1 aliphatic carbocycles. The Morgan fingerprint density at radius 3 is 2.21 bits per heavy atom. The standard InChI is InChI=1S/C27H34Cl2N2O2/c1-4-25(27(33)30-21-9-6-5-7-10-21)31(17-22-23(28)11-8-12-24(22)29)26(32)16-20-14-18(2)13-19(3)15-20/h8,11-15,21,25H,4-7,9-10,16-17H2,1-3H3,(H,30,33)/t25-/m1/s1. The monoisotopic (exact) mass is 488 g/mol. The Morgan fingerprint density at radius 1 is 1.03 bits per heavy atom. The van der Waals surface area contributed by atoms with Gasteiger partial charge in [-0.3, -0.25) is 9.59 Å². The third-order valence-corrected chi connectivity index (χ3v) is 7.07. The molecule has 1 saturated carbocycles. The zero-order valence-electron chi connectivity index (χ0n) is 19.8. The molecule has 33 heavy (non-hydrogen) atoms. The molecule has 2 aromatic rings. The number of carbonyl (C=O) groups excluding carboxylic acids is 2. The first-order chi connectivity index (χ1) is 15.8. The van der Waals surface area contributed by atoms with Crippen LogP contribution in [0.15, 0.2) is 36.4 Å². The normalized spacial score (nSPS) is 15.2. The molecule has 1 fully saturated rings. The van der Waals surface area contributed by atoms with E-state index in [-0.39, 0.29) is 30.8 Å². The van der Waals surface area contributed by atoms with Crippen LogP contribution in [0.1, 0.15) is 67.7 Å². The van der Waals surface area contributed by atoms with Crippen LogP contribution >= 0.6 is 23.2 Å². The van der Waals surface area contributed by atoms with Gasteiger partial charge in [0.15, 0.2) is 0 Å². The van der Waals surface area contributed by atoms with E-state index in [1.54, 1.807) is 23.1 Å². The molecule has 0 bridgehead atoms. The van der Waals surface area contributed by atoms with E-state index in [9.17, 15) is 9.59 Å². The highest BCUT2D eigenvalue weighted by atomic mass is 35.5. The molecular weight excluding hydrogens is 455 g/mol. The van der Waals surface area contributed by atoms with Gasteiger partial charge >= 0.3 is 0 Å². The van der Waals surface area contributed by atoms with Crippen LogP contribution in [0, 0.1) is 13.8 Å². The molecule has 0 spiro atoms. The van der Waals surface area contributed by atoms with E-state index in [4.69, 9.17) is 23.2 Å². The van der Waals surface area contributed by atoms with Crippen LogP contribution in [0.3, 0.4) is 0 Å². The summed E-state index contributed by atoms with van der Waals surface area (Å²) < 4.78 is 0. The van der Waals surface area contributed by atoms with Gasteiger partial charge in [-0.1, -0.05) is 84.8 Å². The molecule has 1 aliphatic rings. The van der Waals surface area contributed by atoms with Crippen molar-refractivity contribution in [3.8, 4) is 0 Å². The molecule has 1 N–H and O–H groups in total. The second-order valence-electron chi connectivity index (χ2n) is 9.16. The lowest BCUT2D eigenvalue weighted by Gasteiger charge is -2.33. The lowest BCUT2D eigenvalue weighted by Crippen LogP contribution is -2.52. The molecule has 3 rings (SSSR count). The summed E-state index contributed by atoms with van der Waals surface area (Å²) in [5.41, 5.74) is 3.83. The molecule has 2 amide bonds. The van der Waals surface area contributed by atoms with Crippen molar-refractivity contribution in [2.45, 2.75) is 84.3 Å². The maximum absolute atomic E-state index is 13.6. The summed E-state index contributed by atoms with van der Waals surface area (Å²) in [5.74, 6) is -0.206. The molecule has 0 aromatic heterocycles. The highest BCUT2D eigenvalue weighted by Crippen LogP contribution is 2.28. The summed E-state index contributed by atoms with van der Waals surface area (Å²) in [6, 6.07) is 11.0. The molecule has 4 nitrogen and oxygen atoms in total. The molecule has 0 saturated heterocycles. The third-order valence-electron chi connectivity index (χ3n) is 6.36. The quantitative estimate of drug-likeness (QED) is 0.466. The summed E-state index contributed by atoms with van der Waals surface area (Å²) in [7, 11) is 0. The maximum atomic E-state index is 13.6. The number of aryl methyl sites for hydroxylation is 2. The average molecular weight is 489 g/mol. The number of benzene rings is 2. The first kappa shape index (κ1) is 25.6. The van der Waals surface area contributed by atoms with Gasteiger partial charge in [0.1, 0.15) is 6.04 Å². The van der Waals surface area contributed by atoms with Crippen molar-refractivity contribution in [3.63, 3.8) is 0 Å². The number of nitrogens with one attached hydrogen (secondary N) is 1. The Labute approximate surface area is 207 Å². The number of hydrogen-bond acceptors (Lipinski definition) is 2. The third kappa shape index (κ3) is 6.97. The van der Waals surface area contributed by atoms with Crippen molar-refractivity contribution in [1.82, 2.24) is 10.2 Å². The van der Waals surface area contributed by atoms with Gasteiger partial charge in [-0.2, -0.15) is 0 Å². The van der Waals surface area contributed by atoms with Crippen LogP contribution in [-0.4, -0.2) is 28.8 Å². The van der Waals surface area contributed by atoms with Gasteiger partial charge in [-0.25, -0.2) is 0 Å². The second-order valence-corrected chi connectivity index (χ2v) is 9.98. The first-order valence-corrected chi connectivity index (χ1v) is 12.6. The molecule has 1 atom stereocenters. The highest BCUT2D eigenvalue weighted by Gasteiger charge is 2.31. The average Bonchev–Trinajstić information content (AvgIpc) is 2.75. The second kappa shape index (κ2) is 11.9. The minimum absolute atomic E-state index is 0.0960. The number of amides is 2. The highest BCUT2D eigenvalue weighted by molar-refractivity contribution is 6.36. The molecule has 0 heterocycles. The predicted molar refractivity (Wildman–Crippen MR) is 136 cm³/mol. The zero-order chi connectivity index (χ0) is 24.0. The number of hydrogen-bond donors (Lipinski definition) is 1. The van der Waals surface area contributed by atoms with Crippen molar-refractivity contribution in [1.29, 1.82) is 0 Å². The Kier molecular flexibility index (Phi) is 9.22. The van der Waals surface area contributed by atoms with Gasteiger partial charge in [-0.05, 0) is 50.8 Å². The van der Waals surface area contributed by atoms with Crippen molar-refractivity contribution in [2.24, 2.45) is 0 Å². The van der Waals surface area contributed by atoms with E-state index in [0.717, 1.165) is 42.4 Å². The SMILES string of the molecule is CC[C@H](C(=O)NC1CCCCC1)N(Cc1c(Cl)cccc1Cl)C(=O)Cc1cc(C)cc(C)c1. The summed E-state index contributed by atoms with van der Waals surface area (Å²) >= 11 is 12.9. The van der Waals surface area contributed by atoms with Gasteiger partial charge < -0.3 is 10.2 Å². The van der Waals surface area contributed by atoms with Crippen LogP contribution in [0.2, 0.25) is 10.0 Å². The Balaban J connectivity index is 1.88. The van der Waals surface area contributed by atoms with Crippen molar-refractivity contribution < 1.29 is 9.59 Å². The van der Waals surface area contributed by atoms with Gasteiger partial charge in [0, 0.05) is 28.2 Å². The van der Waals surface area contributed by atoms with Crippen LogP contribution < -0.4 is 5.32 Å². The fourth-order valence-electron chi connectivity index (χ4n) is 4.76. The predicted octanol–water partition coefficient (Wildman–Crippen LogP) is 6.41. The van der Waals surface area contributed by atoms with Crippen molar-refractivity contribution >= 4 is 35.0 Å². The van der Waals surface area contributed by atoms with E-state index in [0.29, 0.717) is 22.0 Å². The largest absolute Gasteiger partial charge is 0.352 e. The summed E-state index contributed by atoms with van der Waals surface area (Å²) in [4.78, 5) is 28.6. The van der Waals surface area contributed by atoms with Crippen LogP contribution in [0.5, 0.6) is 0 Å². The fraction of sp³-hybridized carbons (Fsp3) is 0.481. The molecule has 0 aliphatic heterocycles. The van der Waals surface area contributed by atoms with Gasteiger partial charge in [0.25, 0.3) is 0 Å². The van der Waals surface area contributed by atoms with Crippen LogP contribution in [0.4, 0.5) is 0 Å². The maximum Gasteiger partial charge on any atom is 0.243 e. The number of rotatable bonds is 8. The topological polar surface area (TPSA) is 49.4 Å². The van der Waals surface area contributed by atoms with Crippen LogP contribution in [0.25, 0.3) is 0 Å². The summed E-state index contributed by atoms with van der Waals surface area (Å²) in [5, 5.41) is 4.19. The molecule has 6 heteroatoms. The van der Waals surface area contributed by atoms with E-state index in [2.05, 4.69) is 11.4 Å². The van der Waals surface area contributed by atoms with E-state index >= 15 is 0 Å². The minimum Gasteiger partial charge on any atom is -0.352 e. The number of nitrogens with zero attached hydrogens (tertiary/aromatic N) is 1. The lowest BCUT2D eigenvalue weighted by molar-refractivity contribution is -0.141. The Hall–Kier alpha value is -2.04. The molecule has 0 radical (unpaired) electrons. The Morgan fingerprint density at radius 2 is 1.64 bits per heavy atom. The minimum atomic E-state index is -0.585. The van der Waals surface area contributed by atoms with Crippen LogP contribution in [-0.2, 0) is 22.6 Å². The summed E-state index contributed by atoms with van der Waals surface area (Å²) in [6.45, 7) is 6.18. The molecule has 0 unspecified atom stereocenters. The zero-order valence-corrected chi connectivity index (χ0v) is 21.3. The van der Waals surface area contributed by atoms with Gasteiger partial charge in [0.05, 0.1) is 6.42 Å². The van der Waals surface area contributed by atoms with Crippen molar-refractivity contribution in [3.05, 3.63) is 68.7 Å². The molecule has 2 aromatic carbocycles. The van der Waals surface area contributed by atoms with E-state index in [1.807, 2.05) is 32.9 Å². The smallest absolute Gasteiger partial charge is 0.243 e. The Bertz CT molecular complexity index is 946. The van der Waals surface area contributed by atoms with Crippen molar-refractivity contribution in [2.75, 3.05) is 0 Å². The number of carbonyl (C=O) groups is 2. The van der Waals surface area contributed by atoms with Gasteiger partial charge in [0.2, 0.25) is 11.8 Å². The van der Waals surface area contributed by atoms with E-state index in [1.165, 1.54) is 6.42 Å². The summed E-state index contributed by atoms with van der Waals surface area (Å²) in [6.07, 6.45) is 6.20. The molecule has 178 valence electrons. The lowest BCUT2D eigenvalue weighted by atomic mass is 9.95.